The SMILES string of the molecule is CC(C)OCCN(C)CC(O)COc1ccccc1N. The summed E-state index contributed by atoms with van der Waals surface area (Å²) < 4.78 is 11.0. The van der Waals surface area contributed by atoms with Gasteiger partial charge in [-0.3, -0.25) is 0 Å². The fourth-order valence-corrected chi connectivity index (χ4v) is 1.75. The maximum atomic E-state index is 9.93. The molecule has 0 amide bonds. The standard InChI is InChI=1S/C15H26N2O3/c1-12(2)19-9-8-17(3)10-13(18)11-20-15-7-5-4-6-14(15)16/h4-7,12-13,18H,8-11,16H2,1-3H3. The number of para-hydroxylation sites is 2. The van der Waals surface area contributed by atoms with Gasteiger partial charge < -0.3 is 25.2 Å². The van der Waals surface area contributed by atoms with Gasteiger partial charge in [-0.25, -0.2) is 0 Å². The van der Waals surface area contributed by atoms with Crippen LogP contribution < -0.4 is 10.5 Å². The molecule has 0 heterocycles. The van der Waals surface area contributed by atoms with Crippen LogP contribution in [0.15, 0.2) is 24.3 Å². The van der Waals surface area contributed by atoms with Gasteiger partial charge in [0, 0.05) is 13.1 Å². The number of aliphatic hydroxyl groups is 1. The number of hydrogen-bond donors (Lipinski definition) is 2. The van der Waals surface area contributed by atoms with Crippen LogP contribution in [0.2, 0.25) is 0 Å². The zero-order valence-corrected chi connectivity index (χ0v) is 12.6. The van der Waals surface area contributed by atoms with E-state index in [0.717, 1.165) is 6.54 Å². The van der Waals surface area contributed by atoms with Crippen LogP contribution in [-0.2, 0) is 4.74 Å². The lowest BCUT2D eigenvalue weighted by Gasteiger charge is -2.21. The number of ether oxygens (including phenoxy) is 2. The largest absolute Gasteiger partial charge is 0.489 e. The third-order valence-corrected chi connectivity index (χ3v) is 2.80. The molecule has 1 aromatic rings. The fraction of sp³-hybridized carbons (Fsp3) is 0.600. The Hall–Kier alpha value is -1.30. The topological polar surface area (TPSA) is 68.0 Å². The molecule has 5 nitrogen and oxygen atoms in total. The Kier molecular flexibility index (Phi) is 7.36. The van der Waals surface area contributed by atoms with Gasteiger partial charge in [0.25, 0.3) is 0 Å². The van der Waals surface area contributed by atoms with E-state index in [1.54, 1.807) is 12.1 Å². The normalized spacial score (nSPS) is 12.9. The number of nitrogen functional groups attached to an aromatic ring is 1. The van der Waals surface area contributed by atoms with E-state index in [1.165, 1.54) is 0 Å². The average Bonchev–Trinajstić information content (AvgIpc) is 2.37. The molecule has 1 aromatic carbocycles. The molecule has 1 unspecified atom stereocenters. The monoisotopic (exact) mass is 282 g/mol. The van der Waals surface area contributed by atoms with Crippen molar-refractivity contribution in [2.24, 2.45) is 0 Å². The lowest BCUT2D eigenvalue weighted by molar-refractivity contribution is 0.0415. The van der Waals surface area contributed by atoms with Crippen LogP contribution in [0.1, 0.15) is 13.8 Å². The minimum Gasteiger partial charge on any atom is -0.489 e. The van der Waals surface area contributed by atoms with Crippen LogP contribution in [0.4, 0.5) is 5.69 Å². The summed E-state index contributed by atoms with van der Waals surface area (Å²) in [5, 5.41) is 9.93. The number of nitrogens with zero attached hydrogens (tertiary/aromatic N) is 1. The number of aliphatic hydroxyl groups excluding tert-OH is 1. The molecule has 5 heteroatoms. The Labute approximate surface area is 121 Å². The van der Waals surface area contributed by atoms with E-state index in [0.29, 0.717) is 24.6 Å². The van der Waals surface area contributed by atoms with Crippen LogP contribution in [0.5, 0.6) is 5.75 Å². The van der Waals surface area contributed by atoms with Gasteiger partial charge in [-0.15, -0.1) is 0 Å². The molecule has 20 heavy (non-hydrogen) atoms. The van der Waals surface area contributed by atoms with E-state index in [9.17, 15) is 5.11 Å². The van der Waals surface area contributed by atoms with Crippen molar-refractivity contribution < 1.29 is 14.6 Å². The van der Waals surface area contributed by atoms with Gasteiger partial charge in [0.15, 0.2) is 0 Å². The summed E-state index contributed by atoms with van der Waals surface area (Å²) in [6.45, 7) is 6.22. The highest BCUT2D eigenvalue weighted by molar-refractivity contribution is 5.51. The number of benzene rings is 1. The van der Waals surface area contributed by atoms with Crippen molar-refractivity contribution in [2.45, 2.75) is 26.1 Å². The van der Waals surface area contributed by atoms with E-state index in [1.807, 2.05) is 37.9 Å². The Morgan fingerprint density at radius 2 is 2.00 bits per heavy atom. The molecular formula is C15H26N2O3. The second-order valence-corrected chi connectivity index (χ2v) is 5.18. The highest BCUT2D eigenvalue weighted by Gasteiger charge is 2.10. The number of anilines is 1. The molecule has 114 valence electrons. The zero-order valence-electron chi connectivity index (χ0n) is 12.6. The van der Waals surface area contributed by atoms with Crippen LogP contribution in [0, 0.1) is 0 Å². The van der Waals surface area contributed by atoms with Crippen LogP contribution in [0.3, 0.4) is 0 Å². The molecule has 0 aromatic heterocycles. The Morgan fingerprint density at radius 1 is 1.30 bits per heavy atom. The number of likely N-dealkylation sites (N-methyl/N-ethyl adjacent to an activating group) is 1. The van der Waals surface area contributed by atoms with Gasteiger partial charge in [-0.2, -0.15) is 0 Å². The van der Waals surface area contributed by atoms with Gasteiger partial charge in [0.05, 0.1) is 18.4 Å². The van der Waals surface area contributed by atoms with Crippen molar-refractivity contribution in [3.8, 4) is 5.75 Å². The van der Waals surface area contributed by atoms with Crippen LogP contribution in [0.25, 0.3) is 0 Å². The molecule has 3 N–H and O–H groups in total. The Bertz CT molecular complexity index is 385. The predicted octanol–water partition coefficient (Wildman–Crippen LogP) is 1.37. The third-order valence-electron chi connectivity index (χ3n) is 2.80. The molecule has 0 aliphatic rings. The van der Waals surface area contributed by atoms with Gasteiger partial charge in [0.1, 0.15) is 18.5 Å². The summed E-state index contributed by atoms with van der Waals surface area (Å²) in [5.74, 6) is 0.609. The second kappa shape index (κ2) is 8.79. The van der Waals surface area contributed by atoms with Crippen molar-refractivity contribution >= 4 is 5.69 Å². The zero-order chi connectivity index (χ0) is 15.0. The number of rotatable bonds is 9. The van der Waals surface area contributed by atoms with Crippen molar-refractivity contribution in [1.82, 2.24) is 4.90 Å². The molecule has 0 saturated heterocycles. The lowest BCUT2D eigenvalue weighted by Crippen LogP contribution is -2.35. The van der Waals surface area contributed by atoms with Crippen molar-refractivity contribution in [1.29, 1.82) is 0 Å². The molecule has 0 spiro atoms. The minimum absolute atomic E-state index is 0.226. The van der Waals surface area contributed by atoms with Gasteiger partial charge >= 0.3 is 0 Å². The fourth-order valence-electron chi connectivity index (χ4n) is 1.75. The second-order valence-electron chi connectivity index (χ2n) is 5.18. The molecule has 0 radical (unpaired) electrons. The van der Waals surface area contributed by atoms with E-state index >= 15 is 0 Å². The number of hydrogen-bond acceptors (Lipinski definition) is 5. The summed E-state index contributed by atoms with van der Waals surface area (Å²) in [4.78, 5) is 2.02. The lowest BCUT2D eigenvalue weighted by atomic mass is 10.3. The van der Waals surface area contributed by atoms with E-state index in [2.05, 4.69) is 0 Å². The van der Waals surface area contributed by atoms with Gasteiger partial charge in [0.2, 0.25) is 0 Å². The highest BCUT2D eigenvalue weighted by Crippen LogP contribution is 2.19. The average molecular weight is 282 g/mol. The first-order valence-corrected chi connectivity index (χ1v) is 6.94. The maximum absolute atomic E-state index is 9.93. The molecule has 0 bridgehead atoms. The van der Waals surface area contributed by atoms with Crippen LogP contribution in [-0.4, -0.2) is 55.6 Å². The quantitative estimate of drug-likeness (QED) is 0.670. The first-order chi connectivity index (χ1) is 9.49. The molecule has 0 aliphatic heterocycles. The summed E-state index contributed by atoms with van der Waals surface area (Å²) in [7, 11) is 1.95. The van der Waals surface area contributed by atoms with E-state index < -0.39 is 6.10 Å². The molecule has 0 saturated carbocycles. The Balaban J connectivity index is 2.22. The van der Waals surface area contributed by atoms with Crippen molar-refractivity contribution in [3.05, 3.63) is 24.3 Å². The number of nitrogens with two attached hydrogens (primary N) is 1. The van der Waals surface area contributed by atoms with Gasteiger partial charge in [-0.05, 0) is 33.0 Å². The maximum Gasteiger partial charge on any atom is 0.142 e. The summed E-state index contributed by atoms with van der Waals surface area (Å²) in [6.07, 6.45) is -0.323. The van der Waals surface area contributed by atoms with Crippen molar-refractivity contribution in [2.75, 3.05) is 39.1 Å². The van der Waals surface area contributed by atoms with Crippen molar-refractivity contribution in [3.63, 3.8) is 0 Å². The highest BCUT2D eigenvalue weighted by atomic mass is 16.5. The molecular weight excluding hydrogens is 256 g/mol. The minimum atomic E-state index is -0.557. The van der Waals surface area contributed by atoms with E-state index in [-0.39, 0.29) is 12.7 Å². The third kappa shape index (κ3) is 6.75. The Morgan fingerprint density at radius 3 is 2.65 bits per heavy atom. The molecule has 0 aliphatic carbocycles. The summed E-state index contributed by atoms with van der Waals surface area (Å²) in [5.41, 5.74) is 6.35. The van der Waals surface area contributed by atoms with Gasteiger partial charge in [-0.1, -0.05) is 12.1 Å². The first kappa shape index (κ1) is 16.8. The predicted molar refractivity (Wildman–Crippen MR) is 80.9 cm³/mol. The smallest absolute Gasteiger partial charge is 0.142 e. The molecule has 1 atom stereocenters. The summed E-state index contributed by atoms with van der Waals surface area (Å²) in [6, 6.07) is 7.27. The van der Waals surface area contributed by atoms with Crippen LogP contribution >= 0.6 is 0 Å². The summed E-state index contributed by atoms with van der Waals surface area (Å²) >= 11 is 0. The molecule has 0 fully saturated rings. The molecule has 1 rings (SSSR count). The first-order valence-electron chi connectivity index (χ1n) is 6.94. The van der Waals surface area contributed by atoms with E-state index in [4.69, 9.17) is 15.2 Å².